The van der Waals surface area contributed by atoms with Gasteiger partial charge in [0, 0.05) is 25.8 Å². The van der Waals surface area contributed by atoms with Crippen LogP contribution in [0.2, 0.25) is 0 Å². The molecule has 2 N–H and O–H groups in total. The first-order valence-electron chi connectivity index (χ1n) is 6.75. The van der Waals surface area contributed by atoms with E-state index < -0.39 is 0 Å². The van der Waals surface area contributed by atoms with Gasteiger partial charge in [0.15, 0.2) is 0 Å². The number of aryl methyl sites for hydroxylation is 1. The summed E-state index contributed by atoms with van der Waals surface area (Å²) in [5.41, 5.74) is 7.14. The average molecular weight is 285 g/mol. The van der Waals surface area contributed by atoms with E-state index in [1.807, 2.05) is 0 Å². The van der Waals surface area contributed by atoms with Crippen LogP contribution in [0.5, 0.6) is 0 Å². The van der Waals surface area contributed by atoms with Crippen LogP contribution in [0.25, 0.3) is 0 Å². The molecule has 7 nitrogen and oxygen atoms in total. The standard InChI is InChI=1S/C14H15N5O2/c15-8-10-9-18(17-16-10)6-3-7-19-13(20)11-4-1-2-5-12(11)14(19)21/h1-2,4-5,9H,3,6-8,15H2. The highest BCUT2D eigenvalue weighted by Crippen LogP contribution is 2.22. The Morgan fingerprint density at radius 2 is 1.71 bits per heavy atom. The normalized spacial score (nSPS) is 13.9. The molecule has 2 aromatic rings. The van der Waals surface area contributed by atoms with Crippen molar-refractivity contribution < 1.29 is 9.59 Å². The van der Waals surface area contributed by atoms with Gasteiger partial charge in [-0.05, 0) is 18.6 Å². The van der Waals surface area contributed by atoms with E-state index in [0.717, 1.165) is 5.69 Å². The molecule has 0 aliphatic carbocycles. The molecule has 0 bridgehead atoms. The van der Waals surface area contributed by atoms with E-state index in [1.54, 1.807) is 35.1 Å². The topological polar surface area (TPSA) is 94.1 Å². The van der Waals surface area contributed by atoms with Crippen LogP contribution in [0.4, 0.5) is 0 Å². The third-order valence-corrected chi connectivity index (χ3v) is 3.44. The Hall–Kier alpha value is -2.54. The van der Waals surface area contributed by atoms with E-state index in [4.69, 9.17) is 5.73 Å². The third-order valence-electron chi connectivity index (χ3n) is 3.44. The van der Waals surface area contributed by atoms with Crippen LogP contribution in [-0.2, 0) is 13.1 Å². The number of rotatable bonds is 5. The van der Waals surface area contributed by atoms with Crippen molar-refractivity contribution in [2.24, 2.45) is 5.73 Å². The van der Waals surface area contributed by atoms with Crippen molar-refractivity contribution >= 4 is 11.8 Å². The van der Waals surface area contributed by atoms with Crippen molar-refractivity contribution in [2.45, 2.75) is 19.5 Å². The lowest BCUT2D eigenvalue weighted by molar-refractivity contribution is 0.0650. The van der Waals surface area contributed by atoms with Crippen molar-refractivity contribution in [3.05, 3.63) is 47.3 Å². The van der Waals surface area contributed by atoms with Crippen molar-refractivity contribution in [3.8, 4) is 0 Å². The van der Waals surface area contributed by atoms with E-state index in [0.29, 0.717) is 37.2 Å². The zero-order valence-corrected chi connectivity index (χ0v) is 11.4. The number of hydrogen-bond acceptors (Lipinski definition) is 5. The van der Waals surface area contributed by atoms with Crippen LogP contribution in [0.15, 0.2) is 30.5 Å². The number of carbonyl (C=O) groups is 2. The molecule has 0 fully saturated rings. The first-order valence-corrected chi connectivity index (χ1v) is 6.75. The summed E-state index contributed by atoms with van der Waals surface area (Å²) >= 11 is 0. The van der Waals surface area contributed by atoms with Gasteiger partial charge >= 0.3 is 0 Å². The minimum atomic E-state index is -0.225. The lowest BCUT2D eigenvalue weighted by atomic mass is 10.1. The number of carbonyl (C=O) groups excluding carboxylic acids is 2. The summed E-state index contributed by atoms with van der Waals surface area (Å²) in [7, 11) is 0. The van der Waals surface area contributed by atoms with E-state index in [1.165, 1.54) is 4.90 Å². The number of benzene rings is 1. The molecule has 108 valence electrons. The van der Waals surface area contributed by atoms with Gasteiger partial charge in [0.2, 0.25) is 0 Å². The molecule has 0 saturated carbocycles. The lowest BCUT2D eigenvalue weighted by Gasteiger charge is -2.13. The Morgan fingerprint density at radius 1 is 1.05 bits per heavy atom. The van der Waals surface area contributed by atoms with Crippen molar-refractivity contribution in [3.63, 3.8) is 0 Å². The van der Waals surface area contributed by atoms with Crippen LogP contribution < -0.4 is 5.73 Å². The van der Waals surface area contributed by atoms with Crippen LogP contribution >= 0.6 is 0 Å². The largest absolute Gasteiger partial charge is 0.325 e. The van der Waals surface area contributed by atoms with Crippen LogP contribution in [0.1, 0.15) is 32.8 Å². The number of amides is 2. The summed E-state index contributed by atoms with van der Waals surface area (Å²) in [6, 6.07) is 6.88. The molecule has 2 heterocycles. The molecule has 0 spiro atoms. The number of fused-ring (bicyclic) bond motifs is 1. The zero-order valence-electron chi connectivity index (χ0n) is 11.4. The van der Waals surface area contributed by atoms with Gasteiger partial charge < -0.3 is 5.73 Å². The number of hydrogen-bond donors (Lipinski definition) is 1. The van der Waals surface area contributed by atoms with Gasteiger partial charge in [-0.15, -0.1) is 5.10 Å². The summed E-state index contributed by atoms with van der Waals surface area (Å²) < 4.78 is 1.67. The Kier molecular flexibility index (Phi) is 3.49. The summed E-state index contributed by atoms with van der Waals surface area (Å²) in [5, 5.41) is 7.81. The smallest absolute Gasteiger partial charge is 0.261 e. The molecular formula is C14H15N5O2. The van der Waals surface area contributed by atoms with Gasteiger partial charge in [-0.25, -0.2) is 0 Å². The zero-order chi connectivity index (χ0) is 14.8. The fraction of sp³-hybridized carbons (Fsp3) is 0.286. The minimum absolute atomic E-state index is 0.225. The Labute approximate surface area is 121 Å². The number of nitrogens with zero attached hydrogens (tertiary/aromatic N) is 4. The Balaban J connectivity index is 1.62. The predicted molar refractivity (Wildman–Crippen MR) is 74.3 cm³/mol. The maximum Gasteiger partial charge on any atom is 0.261 e. The average Bonchev–Trinajstić information content (AvgIpc) is 3.06. The highest BCUT2D eigenvalue weighted by Gasteiger charge is 2.34. The van der Waals surface area contributed by atoms with Gasteiger partial charge in [0.05, 0.1) is 16.8 Å². The number of nitrogens with two attached hydrogens (primary N) is 1. The van der Waals surface area contributed by atoms with E-state index in [2.05, 4.69) is 10.3 Å². The second-order valence-electron chi connectivity index (χ2n) is 4.84. The SMILES string of the molecule is NCc1cn(CCCN2C(=O)c3ccccc3C2=O)nn1. The Bertz CT molecular complexity index is 659. The third kappa shape index (κ3) is 2.43. The highest BCUT2D eigenvalue weighted by atomic mass is 16.2. The fourth-order valence-electron chi connectivity index (χ4n) is 2.37. The molecule has 0 atom stereocenters. The Morgan fingerprint density at radius 3 is 2.29 bits per heavy atom. The van der Waals surface area contributed by atoms with Crippen molar-refractivity contribution in [1.82, 2.24) is 19.9 Å². The van der Waals surface area contributed by atoms with Gasteiger partial charge in [-0.3, -0.25) is 19.2 Å². The highest BCUT2D eigenvalue weighted by molar-refractivity contribution is 6.21. The molecule has 0 unspecified atom stereocenters. The van der Waals surface area contributed by atoms with Crippen LogP contribution in [0, 0.1) is 0 Å². The first-order chi connectivity index (χ1) is 10.2. The molecular weight excluding hydrogens is 270 g/mol. The van der Waals surface area contributed by atoms with Gasteiger partial charge in [0.1, 0.15) is 0 Å². The lowest BCUT2D eigenvalue weighted by Crippen LogP contribution is -2.31. The van der Waals surface area contributed by atoms with Gasteiger partial charge in [-0.2, -0.15) is 0 Å². The molecule has 21 heavy (non-hydrogen) atoms. The molecule has 0 saturated heterocycles. The molecule has 1 aromatic heterocycles. The molecule has 2 amide bonds. The first kappa shape index (κ1) is 13.4. The van der Waals surface area contributed by atoms with Gasteiger partial charge in [0.25, 0.3) is 11.8 Å². The maximum absolute atomic E-state index is 12.2. The summed E-state index contributed by atoms with van der Waals surface area (Å²) in [5.74, 6) is -0.450. The van der Waals surface area contributed by atoms with E-state index in [9.17, 15) is 9.59 Å². The molecule has 0 radical (unpaired) electrons. The van der Waals surface area contributed by atoms with Gasteiger partial charge in [-0.1, -0.05) is 17.3 Å². The van der Waals surface area contributed by atoms with Crippen molar-refractivity contribution in [1.29, 1.82) is 0 Å². The minimum Gasteiger partial charge on any atom is -0.325 e. The van der Waals surface area contributed by atoms with Crippen molar-refractivity contribution in [2.75, 3.05) is 6.54 Å². The number of imide groups is 1. The monoisotopic (exact) mass is 285 g/mol. The summed E-state index contributed by atoms with van der Waals surface area (Å²) in [6.45, 7) is 1.29. The van der Waals surface area contributed by atoms with E-state index >= 15 is 0 Å². The maximum atomic E-state index is 12.2. The second kappa shape index (κ2) is 5.45. The second-order valence-corrected chi connectivity index (χ2v) is 4.84. The van der Waals surface area contributed by atoms with E-state index in [-0.39, 0.29) is 11.8 Å². The molecule has 1 aromatic carbocycles. The van der Waals surface area contributed by atoms with Crippen LogP contribution in [0.3, 0.4) is 0 Å². The molecule has 3 rings (SSSR count). The predicted octanol–water partition coefficient (Wildman–Crippen LogP) is 0.423. The molecule has 1 aliphatic heterocycles. The quantitative estimate of drug-likeness (QED) is 0.804. The number of aromatic nitrogens is 3. The summed E-state index contributed by atoms with van der Waals surface area (Å²) in [6.07, 6.45) is 2.39. The molecule has 7 heteroatoms. The summed E-state index contributed by atoms with van der Waals surface area (Å²) in [4.78, 5) is 25.6. The fourth-order valence-corrected chi connectivity index (χ4v) is 2.37. The van der Waals surface area contributed by atoms with Crippen LogP contribution in [-0.4, -0.2) is 38.3 Å². The molecule has 1 aliphatic rings.